The Morgan fingerprint density at radius 2 is 1.12 bits per heavy atom. The summed E-state index contributed by atoms with van der Waals surface area (Å²) < 4.78 is 45.5. The van der Waals surface area contributed by atoms with Crippen molar-refractivity contribution in [3.63, 3.8) is 0 Å². The van der Waals surface area contributed by atoms with Gasteiger partial charge in [-0.2, -0.15) is 0 Å². The molecule has 0 aromatic carbocycles. The van der Waals surface area contributed by atoms with Crippen LogP contribution in [0.25, 0.3) is 0 Å². The Bertz CT molecular complexity index is 1940. The van der Waals surface area contributed by atoms with Gasteiger partial charge in [0.2, 0.25) is 0 Å². The summed E-state index contributed by atoms with van der Waals surface area (Å²) in [6, 6.07) is 0. The molecular formula is C54H101B3Cl2N2O12Si2. The largest absolute Gasteiger partial charge is 0.481 e. The number of ether oxygens (including phenoxy) is 2. The van der Waals surface area contributed by atoms with Crippen molar-refractivity contribution in [1.29, 1.82) is 0 Å². The fourth-order valence-corrected chi connectivity index (χ4v) is 25.4. The van der Waals surface area contributed by atoms with Gasteiger partial charge in [0.1, 0.15) is 27.7 Å². The monoisotopic (exact) mass is 1130 g/mol. The maximum absolute atomic E-state index is 12.5. The van der Waals surface area contributed by atoms with Crippen molar-refractivity contribution < 1.29 is 57.3 Å². The molecule has 3 aliphatic heterocycles. The highest BCUT2D eigenvalue weighted by Crippen LogP contribution is 2.67. The van der Waals surface area contributed by atoms with Crippen LogP contribution < -0.4 is 4.84 Å². The van der Waals surface area contributed by atoms with Crippen molar-refractivity contribution in [3.8, 4) is 0 Å². The van der Waals surface area contributed by atoms with Gasteiger partial charge in [0.05, 0.1) is 47.2 Å². The average molecular weight is 1130 g/mol. The van der Waals surface area contributed by atoms with Crippen molar-refractivity contribution in [2.75, 3.05) is 0 Å². The third-order valence-electron chi connectivity index (χ3n) is 18.1. The van der Waals surface area contributed by atoms with E-state index in [4.69, 9.17) is 61.2 Å². The molecule has 0 spiro atoms. The van der Waals surface area contributed by atoms with Crippen molar-refractivity contribution in [3.05, 3.63) is 0 Å². The highest BCUT2D eigenvalue weighted by atomic mass is 35.5. The van der Waals surface area contributed by atoms with Gasteiger partial charge >= 0.3 is 39.3 Å². The minimum atomic E-state index is -1.65. The SMILES string of the molecule is CC(CC[C@@H](B1O[C@@H]2C[C@@H]3C[C@@H](C3(C)C)[C@]2(C)O1)N([Si](C)(C)C)[Si](C)(C)C)CC(=O)OC(C)(C)C.CC(CC[C@@H](Cl)B1O[C@@H]2C[C@@H]3C[C@@H](C3(C)C)[C@]2(C)O1)CC(=O)OC(C)(C)C.O=C(O)CC1CC[C@H](NCl)B(O)O1. The van der Waals surface area contributed by atoms with Gasteiger partial charge in [-0.15, -0.1) is 11.6 Å². The Morgan fingerprint density at radius 3 is 1.51 bits per heavy atom. The van der Waals surface area contributed by atoms with Gasteiger partial charge < -0.3 is 47.1 Å². The van der Waals surface area contributed by atoms with Gasteiger partial charge in [-0.05, 0) is 178 Å². The van der Waals surface area contributed by atoms with Crippen LogP contribution >= 0.6 is 23.4 Å². The van der Waals surface area contributed by atoms with Crippen LogP contribution in [0.1, 0.15) is 180 Å². The van der Waals surface area contributed by atoms with Gasteiger partial charge in [-0.25, -0.2) is 4.84 Å². The van der Waals surface area contributed by atoms with E-state index in [2.05, 4.69) is 104 Å². The van der Waals surface area contributed by atoms with Crippen LogP contribution in [0.4, 0.5) is 0 Å². The Labute approximate surface area is 467 Å². The number of nitrogens with zero attached hydrogens (tertiary/aromatic N) is 1. The minimum Gasteiger partial charge on any atom is -0.481 e. The third-order valence-corrected chi connectivity index (χ3v) is 26.4. The molecule has 3 unspecified atom stereocenters. The number of halogens is 2. The molecule has 4 bridgehead atoms. The van der Waals surface area contributed by atoms with E-state index in [1.807, 2.05) is 41.5 Å². The number of nitrogens with one attached hydrogen (secondary N) is 1. The molecule has 14 nitrogen and oxygen atoms in total. The fourth-order valence-electron chi connectivity index (χ4n) is 14.4. The smallest absolute Gasteiger partial charge is 0.476 e. The van der Waals surface area contributed by atoms with Crippen molar-refractivity contribution >= 4 is 79.1 Å². The minimum absolute atomic E-state index is 0.0773. The lowest BCUT2D eigenvalue weighted by Gasteiger charge is -2.64. The first-order valence-corrected chi connectivity index (χ1v) is 36.3. The van der Waals surface area contributed by atoms with Crippen molar-refractivity contribution in [2.24, 2.45) is 46.3 Å². The molecule has 0 aromatic rings. The number of hydrogen-bond donors (Lipinski definition) is 3. The zero-order valence-corrected chi connectivity index (χ0v) is 53.5. The number of carbonyl (C=O) groups is 3. The predicted molar refractivity (Wildman–Crippen MR) is 307 cm³/mol. The summed E-state index contributed by atoms with van der Waals surface area (Å²) in [5.74, 6) is 1.87. The first kappa shape index (κ1) is 65.1. The number of rotatable bonds is 18. The summed E-state index contributed by atoms with van der Waals surface area (Å²) in [7, 11) is -4.85. The van der Waals surface area contributed by atoms with Gasteiger partial charge in [-0.3, -0.25) is 14.4 Å². The summed E-state index contributed by atoms with van der Waals surface area (Å²) in [5, 5.41) is 17.6. The van der Waals surface area contributed by atoms with E-state index in [9.17, 15) is 19.4 Å². The van der Waals surface area contributed by atoms with Gasteiger partial charge in [0, 0.05) is 18.8 Å². The molecule has 0 aromatic heterocycles. The van der Waals surface area contributed by atoms with E-state index in [0.717, 1.165) is 50.4 Å². The highest BCUT2D eigenvalue weighted by molar-refractivity contribution is 6.90. The molecule has 75 heavy (non-hydrogen) atoms. The number of carboxylic acids is 1. The molecule has 14 atom stereocenters. The van der Waals surface area contributed by atoms with E-state index >= 15 is 0 Å². The molecule has 9 aliphatic rings. The van der Waals surface area contributed by atoms with Crippen LogP contribution in [-0.2, 0) is 47.1 Å². The lowest BCUT2D eigenvalue weighted by molar-refractivity contribution is -0.199. The second-order valence-electron chi connectivity index (χ2n) is 29.5. The summed E-state index contributed by atoms with van der Waals surface area (Å²) in [5.41, 5.74) is -0.577. The van der Waals surface area contributed by atoms with E-state index in [1.165, 1.54) is 12.8 Å². The number of esters is 2. The number of aliphatic carboxylic acids is 1. The van der Waals surface area contributed by atoms with Crippen LogP contribution in [0.2, 0.25) is 39.3 Å². The molecule has 6 saturated carbocycles. The molecule has 430 valence electrons. The van der Waals surface area contributed by atoms with E-state index in [1.54, 1.807) is 0 Å². The Hall–Kier alpha value is -0.701. The highest BCUT2D eigenvalue weighted by Gasteiger charge is 2.70. The zero-order valence-electron chi connectivity index (χ0n) is 50.0. The van der Waals surface area contributed by atoms with Gasteiger partial charge in [0.25, 0.3) is 0 Å². The first-order valence-electron chi connectivity index (χ1n) is 28.6. The lowest BCUT2D eigenvalue weighted by Crippen LogP contribution is -2.67. The Morgan fingerprint density at radius 1 is 0.693 bits per heavy atom. The molecule has 6 aliphatic carbocycles. The van der Waals surface area contributed by atoms with Crippen LogP contribution in [0.5, 0.6) is 0 Å². The zero-order chi connectivity index (χ0) is 56.8. The molecule has 9 rings (SSSR count). The molecule has 0 amide bonds. The molecule has 9 fully saturated rings. The third kappa shape index (κ3) is 16.1. The summed E-state index contributed by atoms with van der Waals surface area (Å²) in [4.78, 5) is 37.1. The van der Waals surface area contributed by atoms with Crippen molar-refractivity contribution in [2.45, 2.75) is 278 Å². The lowest BCUT2D eigenvalue weighted by atomic mass is 9.43. The molecule has 0 radical (unpaired) electrons. The maximum atomic E-state index is 12.5. The predicted octanol–water partition coefficient (Wildman–Crippen LogP) is 11.5. The number of carbonyl (C=O) groups excluding carboxylic acids is 2. The summed E-state index contributed by atoms with van der Waals surface area (Å²) in [6.07, 6.45) is 10.3. The molecule has 3 N–H and O–H groups in total. The summed E-state index contributed by atoms with van der Waals surface area (Å²) in [6.45, 7) is 44.7. The normalized spacial score (nSPS) is 33.2. The fraction of sp³-hybridized carbons (Fsp3) is 0.944. The molecular weight excluding hydrogens is 1030 g/mol. The standard InChI is InChI=1S/C27H54BNO4Si2.C21H36BClO4.C6H11BClNO4/c1-19(16-24(30)31-25(2,3)4)14-15-23(29(34(8,9)10)35(11,12)13)28-32-22-18-20-17-21(26(20,5)6)27(22,7)33-28;1-13(10-18(24)25-19(2,3)4)8-9-17(23)22-26-16-12-14-11-15(20(14,5)6)21(16,7)27-22;8-9-5-2-1-4(3-6(10)11)13-7(5)12/h19-23H,14-18H2,1-13H3;13-17H,8-12H2,1-7H3;4-5,9,12H,1-3H2,(H,10,11)/t19?,20-,21-,22+,23-,27-;13?,14-,15-,16+,17+,21-;4?,5-/m000/s1. The topological polar surface area (TPSA) is 172 Å². The first-order chi connectivity index (χ1) is 34.1. The maximum Gasteiger partial charge on any atom is 0.476 e. The second-order valence-corrected chi connectivity index (χ2v) is 40.3. The van der Waals surface area contributed by atoms with E-state index in [0.29, 0.717) is 48.3 Å². The van der Waals surface area contributed by atoms with Crippen molar-refractivity contribution in [1.82, 2.24) is 9.07 Å². The Balaban J connectivity index is 0.000000229. The van der Waals surface area contributed by atoms with Crippen LogP contribution in [0.15, 0.2) is 0 Å². The van der Waals surface area contributed by atoms with Crippen LogP contribution in [0, 0.1) is 46.3 Å². The van der Waals surface area contributed by atoms with Crippen LogP contribution in [0.3, 0.4) is 0 Å². The quantitative estimate of drug-likeness (QED) is 0.0512. The Kier molecular flexibility index (Phi) is 21.2. The van der Waals surface area contributed by atoms with Crippen LogP contribution in [-0.4, -0.2) is 128 Å². The molecule has 21 heteroatoms. The van der Waals surface area contributed by atoms with Gasteiger partial charge in [0.15, 0.2) is 0 Å². The molecule has 3 saturated heterocycles. The molecule has 3 heterocycles. The van der Waals surface area contributed by atoms with E-state index in [-0.39, 0.29) is 85.0 Å². The number of alkyl halides is 1. The van der Waals surface area contributed by atoms with E-state index < -0.39 is 46.9 Å². The second kappa shape index (κ2) is 24.4. The average Bonchev–Trinajstić information content (AvgIpc) is 3.79. The number of hydrogen-bond acceptors (Lipinski definition) is 13. The van der Waals surface area contributed by atoms with Gasteiger partial charge in [-0.1, -0.05) is 80.8 Å². The number of carboxylic acid groups (broad SMARTS) is 1. The summed E-state index contributed by atoms with van der Waals surface area (Å²) >= 11 is 12.0.